The molecule has 3 N–H and O–H groups in total. The number of aromatic hydroxyl groups is 1. The molecule has 0 radical (unpaired) electrons. The van der Waals surface area contributed by atoms with E-state index in [4.69, 9.17) is 19.7 Å². The lowest BCUT2D eigenvalue weighted by molar-refractivity contribution is 0.174. The Hall–Kier alpha value is -2.37. The number of phenols is 1. The SMILES string of the molecule is Nc1oncc1-c1cc(O)cc2c1OCO2. The van der Waals surface area contributed by atoms with Gasteiger partial charge in [-0.05, 0) is 6.07 Å². The van der Waals surface area contributed by atoms with E-state index in [9.17, 15) is 5.11 Å². The summed E-state index contributed by atoms with van der Waals surface area (Å²) in [6.07, 6.45) is 1.46. The topological polar surface area (TPSA) is 90.7 Å². The van der Waals surface area contributed by atoms with Gasteiger partial charge in [-0.3, -0.25) is 0 Å². The third kappa shape index (κ3) is 1.16. The fourth-order valence-corrected chi connectivity index (χ4v) is 1.65. The predicted octanol–water partition coefficient (Wildman–Crippen LogP) is 1.36. The van der Waals surface area contributed by atoms with E-state index < -0.39 is 0 Å². The Labute approximate surface area is 90.2 Å². The molecule has 82 valence electrons. The molecule has 16 heavy (non-hydrogen) atoms. The zero-order valence-electron chi connectivity index (χ0n) is 8.14. The number of fused-ring (bicyclic) bond motifs is 1. The highest BCUT2D eigenvalue weighted by atomic mass is 16.7. The van der Waals surface area contributed by atoms with Crippen LogP contribution in [0.1, 0.15) is 0 Å². The van der Waals surface area contributed by atoms with Gasteiger partial charge in [-0.2, -0.15) is 0 Å². The van der Waals surface area contributed by atoms with Gasteiger partial charge >= 0.3 is 0 Å². The second-order valence-electron chi connectivity index (χ2n) is 3.33. The number of hydrogen-bond acceptors (Lipinski definition) is 6. The number of ether oxygens (including phenoxy) is 2. The standard InChI is InChI=1S/C10H8N2O4/c11-10-7(3-12-16-10)6-1-5(13)2-8-9(6)15-4-14-8/h1-3,13H,4,11H2. The molecule has 1 aromatic heterocycles. The van der Waals surface area contributed by atoms with Gasteiger partial charge in [-0.15, -0.1) is 0 Å². The summed E-state index contributed by atoms with van der Waals surface area (Å²) < 4.78 is 15.3. The number of nitrogens with zero attached hydrogens (tertiary/aromatic N) is 1. The van der Waals surface area contributed by atoms with Crippen LogP contribution in [0.4, 0.5) is 5.88 Å². The Bertz CT molecular complexity index is 550. The van der Waals surface area contributed by atoms with Crippen molar-refractivity contribution in [2.75, 3.05) is 12.5 Å². The van der Waals surface area contributed by atoms with Crippen LogP contribution < -0.4 is 15.2 Å². The van der Waals surface area contributed by atoms with E-state index >= 15 is 0 Å². The Balaban J connectivity index is 2.25. The van der Waals surface area contributed by atoms with Gasteiger partial charge in [0, 0.05) is 11.6 Å². The van der Waals surface area contributed by atoms with Gasteiger partial charge in [0.25, 0.3) is 0 Å². The van der Waals surface area contributed by atoms with Crippen LogP contribution >= 0.6 is 0 Å². The summed E-state index contributed by atoms with van der Waals surface area (Å²) in [5.41, 5.74) is 6.78. The first-order valence-corrected chi connectivity index (χ1v) is 4.59. The minimum absolute atomic E-state index is 0.0693. The third-order valence-electron chi connectivity index (χ3n) is 2.35. The number of anilines is 1. The minimum atomic E-state index is 0.0693. The zero-order chi connectivity index (χ0) is 11.1. The van der Waals surface area contributed by atoms with E-state index in [2.05, 4.69) is 5.16 Å². The first kappa shape index (κ1) is 8.90. The molecule has 0 aliphatic carbocycles. The number of nitrogens with two attached hydrogens (primary N) is 1. The van der Waals surface area contributed by atoms with Crippen molar-refractivity contribution in [2.24, 2.45) is 0 Å². The molecule has 3 rings (SSSR count). The van der Waals surface area contributed by atoms with Crippen LogP contribution in [0.2, 0.25) is 0 Å². The van der Waals surface area contributed by atoms with Crippen LogP contribution in [0.5, 0.6) is 17.2 Å². The molecule has 2 aromatic rings. The molecule has 1 aliphatic heterocycles. The minimum Gasteiger partial charge on any atom is -0.508 e. The van der Waals surface area contributed by atoms with E-state index in [0.717, 1.165) is 0 Å². The molecule has 1 aromatic carbocycles. The number of phenolic OH excluding ortho intramolecular Hbond substituents is 1. The lowest BCUT2D eigenvalue weighted by Crippen LogP contribution is -1.93. The molecule has 0 amide bonds. The van der Waals surface area contributed by atoms with Gasteiger partial charge in [0.1, 0.15) is 5.75 Å². The maximum Gasteiger partial charge on any atom is 0.231 e. The van der Waals surface area contributed by atoms with E-state index in [0.29, 0.717) is 22.6 Å². The number of hydrogen-bond donors (Lipinski definition) is 2. The normalized spacial score (nSPS) is 13.0. The van der Waals surface area contributed by atoms with Crippen LogP contribution in [-0.4, -0.2) is 17.1 Å². The van der Waals surface area contributed by atoms with Gasteiger partial charge in [-0.25, -0.2) is 0 Å². The van der Waals surface area contributed by atoms with Crippen LogP contribution in [0.15, 0.2) is 22.9 Å². The van der Waals surface area contributed by atoms with Gasteiger partial charge in [0.2, 0.25) is 12.7 Å². The molecule has 0 spiro atoms. The number of benzene rings is 1. The van der Waals surface area contributed by atoms with Crippen LogP contribution in [0, 0.1) is 0 Å². The highest BCUT2D eigenvalue weighted by Crippen LogP contribution is 2.45. The summed E-state index contributed by atoms with van der Waals surface area (Å²) in [4.78, 5) is 0. The van der Waals surface area contributed by atoms with Crippen LogP contribution in [-0.2, 0) is 0 Å². The van der Waals surface area contributed by atoms with Gasteiger partial charge < -0.3 is 24.8 Å². The number of aromatic nitrogens is 1. The summed E-state index contributed by atoms with van der Waals surface area (Å²) in [5.74, 6) is 1.26. The summed E-state index contributed by atoms with van der Waals surface area (Å²) in [6, 6.07) is 3.01. The predicted molar refractivity (Wildman–Crippen MR) is 54.1 cm³/mol. The molecule has 0 saturated heterocycles. The van der Waals surface area contributed by atoms with Gasteiger partial charge in [0.15, 0.2) is 11.5 Å². The van der Waals surface area contributed by atoms with E-state index in [1.54, 1.807) is 0 Å². The third-order valence-corrected chi connectivity index (χ3v) is 2.35. The second kappa shape index (κ2) is 3.06. The quantitative estimate of drug-likeness (QED) is 0.753. The van der Waals surface area contributed by atoms with Crippen molar-refractivity contribution in [2.45, 2.75) is 0 Å². The Kier molecular flexibility index (Phi) is 1.70. The summed E-state index contributed by atoms with van der Waals surface area (Å²) >= 11 is 0. The fourth-order valence-electron chi connectivity index (χ4n) is 1.65. The zero-order valence-corrected chi connectivity index (χ0v) is 8.14. The molecule has 6 heteroatoms. The molecule has 2 heterocycles. The Morgan fingerprint density at radius 2 is 2.12 bits per heavy atom. The van der Waals surface area contributed by atoms with Gasteiger partial charge in [0.05, 0.1) is 11.8 Å². The maximum atomic E-state index is 9.54. The first-order chi connectivity index (χ1) is 7.75. The first-order valence-electron chi connectivity index (χ1n) is 4.59. The fraction of sp³-hybridized carbons (Fsp3) is 0.100. The van der Waals surface area contributed by atoms with Crippen LogP contribution in [0.3, 0.4) is 0 Å². The molecular formula is C10H8N2O4. The highest BCUT2D eigenvalue weighted by Gasteiger charge is 2.22. The molecule has 0 atom stereocenters. The van der Waals surface area contributed by atoms with E-state index in [1.807, 2.05) is 0 Å². The van der Waals surface area contributed by atoms with Crippen molar-refractivity contribution in [3.63, 3.8) is 0 Å². The number of rotatable bonds is 1. The average molecular weight is 220 g/mol. The Morgan fingerprint density at radius 1 is 1.25 bits per heavy atom. The van der Waals surface area contributed by atoms with Crippen molar-refractivity contribution in [3.05, 3.63) is 18.3 Å². The van der Waals surface area contributed by atoms with E-state index in [1.165, 1.54) is 18.3 Å². The lowest BCUT2D eigenvalue weighted by Gasteiger charge is -2.04. The summed E-state index contributed by atoms with van der Waals surface area (Å²) in [5, 5.41) is 13.1. The van der Waals surface area contributed by atoms with E-state index in [-0.39, 0.29) is 18.4 Å². The van der Waals surface area contributed by atoms with Crippen molar-refractivity contribution in [3.8, 4) is 28.4 Å². The largest absolute Gasteiger partial charge is 0.508 e. The van der Waals surface area contributed by atoms with Crippen molar-refractivity contribution in [1.29, 1.82) is 0 Å². The molecule has 6 nitrogen and oxygen atoms in total. The second-order valence-corrected chi connectivity index (χ2v) is 3.33. The highest BCUT2D eigenvalue weighted by molar-refractivity contribution is 5.81. The molecule has 0 unspecified atom stereocenters. The van der Waals surface area contributed by atoms with Gasteiger partial charge in [-0.1, -0.05) is 5.16 Å². The van der Waals surface area contributed by atoms with Crippen molar-refractivity contribution in [1.82, 2.24) is 5.16 Å². The molecule has 1 aliphatic rings. The maximum absolute atomic E-state index is 9.54. The summed E-state index contributed by atoms with van der Waals surface area (Å²) in [7, 11) is 0. The average Bonchev–Trinajstić information content (AvgIpc) is 2.84. The monoisotopic (exact) mass is 220 g/mol. The van der Waals surface area contributed by atoms with Crippen LogP contribution in [0.25, 0.3) is 11.1 Å². The molecule has 0 saturated carbocycles. The lowest BCUT2D eigenvalue weighted by atomic mass is 10.1. The molecule has 0 fully saturated rings. The molecule has 0 bridgehead atoms. The van der Waals surface area contributed by atoms with Crippen molar-refractivity contribution < 1.29 is 19.1 Å². The molecular weight excluding hydrogens is 212 g/mol. The van der Waals surface area contributed by atoms with Crippen molar-refractivity contribution >= 4 is 5.88 Å². The number of nitrogen functional groups attached to an aromatic ring is 1. The summed E-state index contributed by atoms with van der Waals surface area (Å²) in [6.45, 7) is 0.122. The Morgan fingerprint density at radius 3 is 2.88 bits per heavy atom. The smallest absolute Gasteiger partial charge is 0.231 e.